The van der Waals surface area contributed by atoms with Crippen molar-refractivity contribution in [2.45, 2.75) is 44.1 Å². The van der Waals surface area contributed by atoms with E-state index < -0.39 is 48.1 Å². The highest BCUT2D eigenvalue weighted by Gasteiger charge is 2.60. The quantitative estimate of drug-likeness (QED) is 0.196. The van der Waals surface area contributed by atoms with Gasteiger partial charge in [-0.1, -0.05) is 47.1 Å². The number of aromatic nitrogens is 1. The van der Waals surface area contributed by atoms with Gasteiger partial charge >= 0.3 is 12.4 Å². The van der Waals surface area contributed by atoms with E-state index in [1.807, 2.05) is 5.32 Å². The van der Waals surface area contributed by atoms with Crippen LogP contribution in [0.5, 0.6) is 5.75 Å². The molecule has 13 heteroatoms. The summed E-state index contributed by atoms with van der Waals surface area (Å²) < 4.78 is 91.5. The first-order chi connectivity index (χ1) is 18.8. The Labute approximate surface area is 224 Å². The molecule has 7 nitrogen and oxygen atoms in total. The lowest BCUT2D eigenvalue weighted by Crippen LogP contribution is -2.59. The molecule has 2 aromatic carbocycles. The van der Waals surface area contributed by atoms with Crippen molar-refractivity contribution >= 4 is 23.3 Å². The van der Waals surface area contributed by atoms with E-state index >= 15 is 0 Å². The number of halogens is 6. The highest BCUT2D eigenvalue weighted by molar-refractivity contribution is 6.28. The second-order valence-electron chi connectivity index (χ2n) is 9.18. The Kier molecular flexibility index (Phi) is 7.94. The lowest BCUT2D eigenvalue weighted by Gasteiger charge is -2.41. The molecule has 1 aromatic heterocycles. The number of alkyl halides is 6. The van der Waals surface area contributed by atoms with Gasteiger partial charge in [-0.3, -0.25) is 14.9 Å². The molecule has 0 spiro atoms. The van der Waals surface area contributed by atoms with Crippen LogP contribution in [0.15, 0.2) is 70.9 Å². The van der Waals surface area contributed by atoms with E-state index in [1.165, 1.54) is 36.5 Å². The zero-order valence-corrected chi connectivity index (χ0v) is 20.9. The molecule has 0 radical (unpaired) electrons. The van der Waals surface area contributed by atoms with Gasteiger partial charge in [0, 0.05) is 18.9 Å². The minimum Gasteiger partial charge on any atom is -0.494 e. The Hall–Kier alpha value is -4.29. The summed E-state index contributed by atoms with van der Waals surface area (Å²) in [6.45, 7) is 1.49. The number of hydrogen-bond donors (Lipinski definition) is 2. The van der Waals surface area contributed by atoms with E-state index in [0.29, 0.717) is 0 Å². The van der Waals surface area contributed by atoms with Gasteiger partial charge in [-0.2, -0.15) is 26.3 Å². The minimum absolute atomic E-state index is 0.0619. The van der Waals surface area contributed by atoms with E-state index in [1.54, 1.807) is 19.1 Å². The van der Waals surface area contributed by atoms with Crippen molar-refractivity contribution in [2.24, 2.45) is 0 Å². The number of hydrogen-bond acceptors (Lipinski definition) is 5. The standard InChI is InChI=1S/C27H23F6N3O4/c1-16-3-5-17(6-4-16)20-15-25(27(31,32)33,36-24(38)22(20)23(37)35-21-11-13-34-40-21)18-7-9-19(10-8-18)39-14-2-12-26(28,29)30/h3-11,13H,2,12,14-15H2,1H3,(H,35,37)(H,36,38)/t25-/m0/s1. The van der Waals surface area contributed by atoms with E-state index in [-0.39, 0.29) is 41.4 Å². The molecule has 0 aliphatic carbocycles. The van der Waals surface area contributed by atoms with Gasteiger partial charge in [0.15, 0.2) is 5.54 Å². The first-order valence-corrected chi connectivity index (χ1v) is 12.0. The molecule has 4 rings (SSSR count). The van der Waals surface area contributed by atoms with E-state index in [0.717, 1.165) is 17.7 Å². The Morgan fingerprint density at radius 3 is 2.30 bits per heavy atom. The summed E-state index contributed by atoms with van der Waals surface area (Å²) in [5, 5.41) is 7.77. The summed E-state index contributed by atoms with van der Waals surface area (Å²) >= 11 is 0. The third-order valence-electron chi connectivity index (χ3n) is 6.30. The van der Waals surface area contributed by atoms with Crippen LogP contribution in [0.3, 0.4) is 0 Å². The van der Waals surface area contributed by atoms with Gasteiger partial charge in [-0.05, 0) is 42.2 Å². The van der Waals surface area contributed by atoms with Crippen LogP contribution in [-0.2, 0) is 15.1 Å². The Bertz CT molecular complexity index is 1380. The van der Waals surface area contributed by atoms with Crippen LogP contribution in [0.4, 0.5) is 32.2 Å². The molecule has 0 fully saturated rings. The average Bonchev–Trinajstić information content (AvgIpc) is 3.38. The van der Waals surface area contributed by atoms with Crippen molar-refractivity contribution in [1.82, 2.24) is 10.5 Å². The Morgan fingerprint density at radius 1 is 1.05 bits per heavy atom. The van der Waals surface area contributed by atoms with Crippen molar-refractivity contribution in [3.05, 3.63) is 83.1 Å². The fraction of sp³-hybridized carbons (Fsp3) is 0.296. The molecule has 1 aliphatic heterocycles. The summed E-state index contributed by atoms with van der Waals surface area (Å²) in [6, 6.07) is 12.2. The molecule has 40 heavy (non-hydrogen) atoms. The Balaban J connectivity index is 1.71. The smallest absolute Gasteiger partial charge is 0.416 e. The van der Waals surface area contributed by atoms with Crippen LogP contribution in [0.1, 0.15) is 36.0 Å². The van der Waals surface area contributed by atoms with E-state index in [9.17, 15) is 35.9 Å². The molecule has 212 valence electrons. The zero-order chi connectivity index (χ0) is 29.1. The first kappa shape index (κ1) is 28.7. The van der Waals surface area contributed by atoms with Crippen LogP contribution in [0.2, 0.25) is 0 Å². The number of nitrogens with zero attached hydrogens (tertiary/aromatic N) is 1. The number of nitrogens with one attached hydrogen (secondary N) is 2. The van der Waals surface area contributed by atoms with Crippen LogP contribution in [0.25, 0.3) is 5.57 Å². The molecule has 0 saturated heterocycles. The summed E-state index contributed by atoms with van der Waals surface area (Å²) in [5.41, 5.74) is -2.90. The summed E-state index contributed by atoms with van der Waals surface area (Å²) in [4.78, 5) is 26.4. The van der Waals surface area contributed by atoms with Crippen molar-refractivity contribution in [1.29, 1.82) is 0 Å². The predicted octanol–water partition coefficient (Wildman–Crippen LogP) is 6.07. The predicted molar refractivity (Wildman–Crippen MR) is 131 cm³/mol. The number of ether oxygens (including phenoxy) is 1. The largest absolute Gasteiger partial charge is 0.494 e. The molecular weight excluding hydrogens is 544 g/mol. The maximum absolute atomic E-state index is 14.8. The van der Waals surface area contributed by atoms with Crippen molar-refractivity contribution in [3.8, 4) is 5.75 Å². The van der Waals surface area contributed by atoms with Crippen molar-refractivity contribution < 1.29 is 45.2 Å². The normalized spacial score (nSPS) is 17.9. The SMILES string of the molecule is Cc1ccc(C2=C(C(=O)Nc3ccno3)C(=O)N[C@@](c3ccc(OCCCC(F)(F)F)cc3)(C(F)(F)F)C2)cc1. The number of benzene rings is 2. The average molecular weight is 567 g/mol. The second-order valence-corrected chi connectivity index (χ2v) is 9.18. The molecular formula is C27H23F6N3O4. The van der Waals surface area contributed by atoms with Crippen molar-refractivity contribution in [3.63, 3.8) is 0 Å². The second kappa shape index (κ2) is 11.1. The summed E-state index contributed by atoms with van der Waals surface area (Å²) in [6.07, 6.45) is -10.3. The number of carbonyl (C=O) groups excluding carboxylic acids is 2. The molecule has 0 saturated carbocycles. The Morgan fingerprint density at radius 2 is 1.73 bits per heavy atom. The van der Waals surface area contributed by atoms with Crippen LogP contribution >= 0.6 is 0 Å². The fourth-order valence-electron chi connectivity index (χ4n) is 4.29. The topological polar surface area (TPSA) is 93.5 Å². The third-order valence-corrected chi connectivity index (χ3v) is 6.30. The number of amides is 2. The van der Waals surface area contributed by atoms with Gasteiger partial charge < -0.3 is 14.6 Å². The summed E-state index contributed by atoms with van der Waals surface area (Å²) in [5.74, 6) is -2.29. The highest BCUT2D eigenvalue weighted by Crippen LogP contribution is 2.48. The third kappa shape index (κ3) is 6.29. The molecule has 1 aliphatic rings. The van der Waals surface area contributed by atoms with E-state index in [2.05, 4.69) is 10.5 Å². The van der Waals surface area contributed by atoms with Crippen LogP contribution < -0.4 is 15.4 Å². The maximum atomic E-state index is 14.8. The number of aryl methyl sites for hydroxylation is 1. The van der Waals surface area contributed by atoms with Crippen LogP contribution in [0, 0.1) is 6.92 Å². The van der Waals surface area contributed by atoms with Crippen LogP contribution in [-0.4, -0.2) is 35.9 Å². The first-order valence-electron chi connectivity index (χ1n) is 12.0. The molecule has 0 unspecified atom stereocenters. The highest BCUT2D eigenvalue weighted by atomic mass is 19.4. The van der Waals surface area contributed by atoms with Gasteiger partial charge in [-0.25, -0.2) is 0 Å². The van der Waals surface area contributed by atoms with Gasteiger partial charge in [0.1, 0.15) is 11.3 Å². The number of anilines is 1. The number of rotatable bonds is 8. The van der Waals surface area contributed by atoms with Gasteiger partial charge in [0.25, 0.3) is 11.8 Å². The zero-order valence-electron chi connectivity index (χ0n) is 20.9. The molecule has 0 bridgehead atoms. The molecule has 3 aromatic rings. The monoisotopic (exact) mass is 567 g/mol. The number of carbonyl (C=O) groups is 2. The summed E-state index contributed by atoms with van der Waals surface area (Å²) in [7, 11) is 0. The lowest BCUT2D eigenvalue weighted by molar-refractivity contribution is -0.201. The van der Waals surface area contributed by atoms with Crippen molar-refractivity contribution in [2.75, 3.05) is 11.9 Å². The molecule has 2 heterocycles. The molecule has 2 N–H and O–H groups in total. The molecule has 1 atom stereocenters. The van der Waals surface area contributed by atoms with Gasteiger partial charge in [0.05, 0.1) is 12.8 Å². The minimum atomic E-state index is -5.01. The maximum Gasteiger partial charge on any atom is 0.416 e. The fourth-order valence-corrected chi connectivity index (χ4v) is 4.29. The van der Waals surface area contributed by atoms with Gasteiger partial charge in [0.2, 0.25) is 5.88 Å². The molecule has 2 amide bonds. The van der Waals surface area contributed by atoms with Gasteiger partial charge in [-0.15, -0.1) is 0 Å². The lowest BCUT2D eigenvalue weighted by atomic mass is 9.76. The van der Waals surface area contributed by atoms with E-state index in [4.69, 9.17) is 9.26 Å².